The van der Waals surface area contributed by atoms with Gasteiger partial charge in [-0.25, -0.2) is 0 Å². The van der Waals surface area contributed by atoms with Crippen molar-refractivity contribution in [2.75, 3.05) is 39.2 Å². The van der Waals surface area contributed by atoms with Gasteiger partial charge in [-0.15, -0.1) is 0 Å². The van der Waals surface area contributed by atoms with Gasteiger partial charge in [0.1, 0.15) is 0 Å². The van der Waals surface area contributed by atoms with Crippen molar-refractivity contribution < 1.29 is 14.2 Å². The summed E-state index contributed by atoms with van der Waals surface area (Å²) in [6.07, 6.45) is 3.62. The Kier molecular flexibility index (Phi) is 6.70. The molecule has 0 saturated carbocycles. The average molecular weight is 420 g/mol. The number of aromatic nitrogens is 1. The highest BCUT2D eigenvalue weighted by Gasteiger charge is 2.31. The van der Waals surface area contributed by atoms with Gasteiger partial charge in [0, 0.05) is 42.7 Å². The van der Waals surface area contributed by atoms with E-state index in [9.17, 15) is 0 Å². The van der Waals surface area contributed by atoms with Crippen LogP contribution in [0.5, 0.6) is 11.5 Å². The van der Waals surface area contributed by atoms with Crippen molar-refractivity contribution >= 4 is 5.69 Å². The van der Waals surface area contributed by atoms with Gasteiger partial charge in [-0.05, 0) is 36.2 Å². The molecule has 4 rings (SSSR count). The molecule has 31 heavy (non-hydrogen) atoms. The summed E-state index contributed by atoms with van der Waals surface area (Å²) in [5.74, 6) is 1.52. The minimum Gasteiger partial charge on any atom is -0.493 e. The average Bonchev–Trinajstić information content (AvgIpc) is 3.24. The number of methoxy groups -OCH3 is 2. The lowest BCUT2D eigenvalue weighted by atomic mass is 9.90. The van der Waals surface area contributed by atoms with Crippen LogP contribution >= 0.6 is 0 Å². The second-order valence-electron chi connectivity index (χ2n) is 7.66. The largest absolute Gasteiger partial charge is 0.493 e. The van der Waals surface area contributed by atoms with Crippen molar-refractivity contribution in [3.05, 3.63) is 83.7 Å². The number of hydrogen-bond donors (Lipinski definition) is 1. The van der Waals surface area contributed by atoms with Crippen molar-refractivity contribution in [3.8, 4) is 11.5 Å². The zero-order valence-corrected chi connectivity index (χ0v) is 18.2. The highest BCUT2D eigenvalue weighted by molar-refractivity contribution is 5.51. The predicted octanol–water partition coefficient (Wildman–Crippen LogP) is 4.27. The molecule has 1 saturated heterocycles. The molecule has 1 aliphatic heterocycles. The van der Waals surface area contributed by atoms with Gasteiger partial charge in [0.05, 0.1) is 20.8 Å². The topological polar surface area (TPSA) is 55.9 Å². The highest BCUT2D eigenvalue weighted by Crippen LogP contribution is 2.39. The highest BCUT2D eigenvalue weighted by atomic mass is 16.5. The van der Waals surface area contributed by atoms with Gasteiger partial charge in [-0.2, -0.15) is 0 Å². The first-order valence-corrected chi connectivity index (χ1v) is 10.5. The zero-order valence-electron chi connectivity index (χ0n) is 18.2. The van der Waals surface area contributed by atoms with Crippen LogP contribution in [0.15, 0.2) is 67.0 Å². The molecule has 0 aliphatic carbocycles. The Bertz CT molecular complexity index is 996. The molecule has 1 N–H and O–H groups in total. The van der Waals surface area contributed by atoms with Crippen LogP contribution in [0.25, 0.3) is 0 Å². The molecule has 0 amide bonds. The lowest BCUT2D eigenvalue weighted by Gasteiger charge is -2.30. The molecule has 2 atom stereocenters. The smallest absolute Gasteiger partial charge is 0.186 e. The maximum absolute atomic E-state index is 6.01. The third kappa shape index (κ3) is 4.81. The number of benzene rings is 2. The number of pyridine rings is 1. The second kappa shape index (κ2) is 9.81. The number of nitrogens with zero attached hydrogens (tertiary/aromatic N) is 2. The van der Waals surface area contributed by atoms with Crippen molar-refractivity contribution in [1.29, 1.82) is 0 Å². The lowest BCUT2D eigenvalue weighted by molar-refractivity contribution is 0.0557. The molecular formula is C25H29N3O3. The first-order chi connectivity index (χ1) is 15.2. The van der Waals surface area contributed by atoms with Crippen LogP contribution in [-0.4, -0.2) is 50.2 Å². The summed E-state index contributed by atoms with van der Waals surface area (Å²) in [7, 11) is 3.35. The minimum atomic E-state index is -0.195. The van der Waals surface area contributed by atoms with Crippen molar-refractivity contribution in [2.45, 2.75) is 19.2 Å². The fourth-order valence-corrected chi connectivity index (χ4v) is 4.07. The van der Waals surface area contributed by atoms with Gasteiger partial charge in [0.25, 0.3) is 0 Å². The number of ether oxygens (including phenoxy) is 3. The Morgan fingerprint density at radius 1 is 1.10 bits per heavy atom. The molecule has 0 spiro atoms. The third-order valence-corrected chi connectivity index (χ3v) is 5.57. The number of hydrogen-bond acceptors (Lipinski definition) is 6. The summed E-state index contributed by atoms with van der Waals surface area (Å²) in [5, 5.41) is 3.49. The molecule has 3 aromatic rings. The van der Waals surface area contributed by atoms with Gasteiger partial charge >= 0.3 is 0 Å². The molecular weight excluding hydrogens is 390 g/mol. The number of rotatable bonds is 8. The molecule has 2 heterocycles. The Labute approximate surface area is 183 Å². The van der Waals surface area contributed by atoms with Gasteiger partial charge < -0.3 is 19.5 Å². The normalized spacial score (nSPS) is 17.3. The second-order valence-corrected chi connectivity index (χ2v) is 7.66. The first kappa shape index (κ1) is 21.2. The molecule has 0 radical (unpaired) electrons. The number of aryl methyl sites for hydroxylation is 1. The zero-order chi connectivity index (χ0) is 21.6. The SMILES string of the molecule is COc1cccc(C(CN2CCOC2Nc2ccccc2)c2cncc(C)c2)c1OC. The molecule has 162 valence electrons. The quantitative estimate of drug-likeness (QED) is 0.589. The summed E-state index contributed by atoms with van der Waals surface area (Å²) in [6.45, 7) is 4.33. The number of nitrogens with one attached hydrogen (secondary N) is 1. The van der Waals surface area contributed by atoms with E-state index in [1.807, 2.05) is 54.9 Å². The van der Waals surface area contributed by atoms with E-state index in [-0.39, 0.29) is 12.3 Å². The molecule has 1 aliphatic rings. The van der Waals surface area contributed by atoms with Crippen LogP contribution in [0.4, 0.5) is 5.69 Å². The maximum Gasteiger partial charge on any atom is 0.186 e. The van der Waals surface area contributed by atoms with E-state index < -0.39 is 0 Å². The first-order valence-electron chi connectivity index (χ1n) is 10.5. The Hall–Kier alpha value is -3.09. The van der Waals surface area contributed by atoms with E-state index in [0.29, 0.717) is 6.61 Å². The van der Waals surface area contributed by atoms with E-state index >= 15 is 0 Å². The fourth-order valence-electron chi connectivity index (χ4n) is 4.07. The Balaban J connectivity index is 1.67. The van der Waals surface area contributed by atoms with E-state index in [1.165, 1.54) is 0 Å². The van der Waals surface area contributed by atoms with Crippen molar-refractivity contribution in [2.24, 2.45) is 0 Å². The number of para-hydroxylation sites is 2. The standard InChI is InChI=1S/C25H29N3O3/c1-18-14-19(16-26-15-18)22(21-10-7-11-23(29-2)24(21)30-3)17-28-12-13-31-25(28)27-20-8-5-4-6-9-20/h4-11,14-16,22,25,27H,12-13,17H2,1-3H3. The van der Waals surface area contributed by atoms with Gasteiger partial charge in [0.2, 0.25) is 0 Å². The summed E-state index contributed by atoms with van der Waals surface area (Å²) < 4.78 is 17.4. The van der Waals surface area contributed by atoms with Crippen LogP contribution in [-0.2, 0) is 4.74 Å². The summed E-state index contributed by atoms with van der Waals surface area (Å²) in [5.41, 5.74) is 4.37. The van der Waals surface area contributed by atoms with E-state index in [2.05, 4.69) is 34.3 Å². The van der Waals surface area contributed by atoms with Gasteiger partial charge in [0.15, 0.2) is 17.9 Å². The molecule has 2 unspecified atom stereocenters. The Morgan fingerprint density at radius 2 is 1.94 bits per heavy atom. The van der Waals surface area contributed by atoms with E-state index in [0.717, 1.165) is 47.0 Å². The van der Waals surface area contributed by atoms with Crippen LogP contribution < -0.4 is 14.8 Å². The molecule has 1 aromatic heterocycles. The van der Waals surface area contributed by atoms with Crippen LogP contribution in [0.3, 0.4) is 0 Å². The monoisotopic (exact) mass is 419 g/mol. The van der Waals surface area contributed by atoms with E-state index in [4.69, 9.17) is 14.2 Å². The minimum absolute atomic E-state index is 0.0409. The van der Waals surface area contributed by atoms with Crippen molar-refractivity contribution in [3.63, 3.8) is 0 Å². The summed E-state index contributed by atoms with van der Waals surface area (Å²) >= 11 is 0. The molecule has 6 nitrogen and oxygen atoms in total. The van der Waals surface area contributed by atoms with Crippen LogP contribution in [0.2, 0.25) is 0 Å². The molecule has 1 fully saturated rings. The van der Waals surface area contributed by atoms with Crippen LogP contribution in [0.1, 0.15) is 22.6 Å². The molecule has 6 heteroatoms. The summed E-state index contributed by atoms with van der Waals surface area (Å²) in [4.78, 5) is 6.77. The molecule has 2 aromatic carbocycles. The predicted molar refractivity (Wildman–Crippen MR) is 122 cm³/mol. The van der Waals surface area contributed by atoms with Gasteiger partial charge in [-0.3, -0.25) is 9.88 Å². The van der Waals surface area contributed by atoms with E-state index in [1.54, 1.807) is 14.2 Å². The van der Waals surface area contributed by atoms with Gasteiger partial charge in [-0.1, -0.05) is 36.4 Å². The van der Waals surface area contributed by atoms with Crippen molar-refractivity contribution in [1.82, 2.24) is 9.88 Å². The lowest BCUT2D eigenvalue weighted by Crippen LogP contribution is -2.39. The fraction of sp³-hybridized carbons (Fsp3) is 0.320. The Morgan fingerprint density at radius 3 is 2.68 bits per heavy atom. The number of anilines is 1. The third-order valence-electron chi connectivity index (χ3n) is 5.57. The van der Waals surface area contributed by atoms with Crippen LogP contribution in [0, 0.1) is 6.92 Å². The molecule has 0 bridgehead atoms. The summed E-state index contributed by atoms with van der Waals surface area (Å²) in [6, 6.07) is 18.4. The maximum atomic E-state index is 6.01.